The first-order valence-corrected chi connectivity index (χ1v) is 10.7. The molecule has 0 saturated carbocycles. The first-order chi connectivity index (χ1) is 16.7. The molecule has 2 aromatic heterocycles. The number of hydrogen-bond donors (Lipinski definition) is 2. The SMILES string of the molecule is FC(F)(F)c1nc(NCc2ccc(-c3ccccc3-c3nnn[nH]3)cc2)c2c(n1)C(F)(F)CCC2.[NaH]. The Labute approximate surface area is 224 Å². The Hall–Kier alpha value is -2.96. The molecule has 2 N–H and O–H groups in total. The summed E-state index contributed by atoms with van der Waals surface area (Å²) in [7, 11) is 0. The van der Waals surface area contributed by atoms with Crippen molar-refractivity contribution in [2.45, 2.75) is 37.9 Å². The van der Waals surface area contributed by atoms with E-state index in [-0.39, 0.29) is 60.3 Å². The third kappa shape index (κ3) is 5.25. The van der Waals surface area contributed by atoms with Gasteiger partial charge in [-0.1, -0.05) is 48.5 Å². The number of aromatic amines is 1. The van der Waals surface area contributed by atoms with E-state index in [0.717, 1.165) is 22.3 Å². The van der Waals surface area contributed by atoms with Crippen molar-refractivity contribution in [1.82, 2.24) is 30.6 Å². The first-order valence-electron chi connectivity index (χ1n) is 10.7. The number of H-pyrrole nitrogens is 1. The van der Waals surface area contributed by atoms with Crippen LogP contribution >= 0.6 is 0 Å². The van der Waals surface area contributed by atoms with E-state index in [1.54, 1.807) is 12.1 Å². The Bertz CT molecular complexity index is 1340. The number of tetrazole rings is 1. The summed E-state index contributed by atoms with van der Waals surface area (Å²) in [6, 6.07) is 14.8. The van der Waals surface area contributed by atoms with Crippen molar-refractivity contribution in [2.75, 3.05) is 5.32 Å². The second-order valence-electron chi connectivity index (χ2n) is 8.12. The van der Waals surface area contributed by atoms with Crippen LogP contribution in [0.15, 0.2) is 48.5 Å². The number of hydrogen-bond acceptors (Lipinski definition) is 6. The molecular formula is C23H19F5N7Na. The van der Waals surface area contributed by atoms with Crippen LogP contribution in [0.2, 0.25) is 0 Å². The monoisotopic (exact) mass is 511 g/mol. The zero-order chi connectivity index (χ0) is 24.6. The summed E-state index contributed by atoms with van der Waals surface area (Å²) >= 11 is 0. The Morgan fingerprint density at radius 3 is 2.36 bits per heavy atom. The van der Waals surface area contributed by atoms with E-state index in [1.165, 1.54) is 0 Å². The van der Waals surface area contributed by atoms with Gasteiger partial charge < -0.3 is 5.32 Å². The van der Waals surface area contributed by atoms with Crippen LogP contribution in [0.5, 0.6) is 0 Å². The summed E-state index contributed by atoms with van der Waals surface area (Å²) in [5.74, 6) is -4.71. The van der Waals surface area contributed by atoms with Gasteiger partial charge in [-0.15, -0.1) is 5.10 Å². The van der Waals surface area contributed by atoms with Crippen LogP contribution in [0.4, 0.5) is 27.8 Å². The topological polar surface area (TPSA) is 92.3 Å². The number of nitrogens with one attached hydrogen (secondary N) is 2. The Morgan fingerprint density at radius 1 is 0.972 bits per heavy atom. The van der Waals surface area contributed by atoms with E-state index in [9.17, 15) is 22.0 Å². The molecule has 0 aliphatic heterocycles. The van der Waals surface area contributed by atoms with Crippen molar-refractivity contribution < 1.29 is 22.0 Å². The maximum absolute atomic E-state index is 14.3. The van der Waals surface area contributed by atoms with Crippen LogP contribution < -0.4 is 5.32 Å². The van der Waals surface area contributed by atoms with Crippen LogP contribution in [0.1, 0.15) is 35.5 Å². The summed E-state index contributed by atoms with van der Waals surface area (Å²) in [4.78, 5) is 6.73. The van der Waals surface area contributed by atoms with E-state index < -0.39 is 30.0 Å². The molecule has 36 heavy (non-hydrogen) atoms. The zero-order valence-corrected chi connectivity index (χ0v) is 18.1. The Morgan fingerprint density at radius 2 is 1.69 bits per heavy atom. The summed E-state index contributed by atoms with van der Waals surface area (Å²) in [6.07, 6.45) is -5.16. The number of alkyl halides is 5. The van der Waals surface area contributed by atoms with Crippen LogP contribution in [0.3, 0.4) is 0 Å². The van der Waals surface area contributed by atoms with Gasteiger partial charge in [0.1, 0.15) is 11.5 Å². The number of fused-ring (bicyclic) bond motifs is 1. The van der Waals surface area contributed by atoms with E-state index >= 15 is 0 Å². The molecule has 0 saturated heterocycles. The maximum atomic E-state index is 14.3. The second-order valence-corrected chi connectivity index (χ2v) is 8.12. The van der Waals surface area contributed by atoms with Crippen LogP contribution in [0, 0.1) is 0 Å². The third-order valence-corrected chi connectivity index (χ3v) is 5.78. The molecule has 0 radical (unpaired) electrons. The summed E-state index contributed by atoms with van der Waals surface area (Å²) in [5.41, 5.74) is 2.47. The molecule has 7 nitrogen and oxygen atoms in total. The number of rotatable bonds is 5. The van der Waals surface area contributed by atoms with Gasteiger partial charge in [0.15, 0.2) is 5.82 Å². The average Bonchev–Trinajstić information content (AvgIpc) is 3.37. The molecule has 0 amide bonds. The molecule has 4 aromatic rings. The molecule has 0 fully saturated rings. The van der Waals surface area contributed by atoms with Crippen LogP contribution in [-0.4, -0.2) is 60.1 Å². The van der Waals surface area contributed by atoms with Gasteiger partial charge in [-0.25, -0.2) is 15.1 Å². The molecule has 0 atom stereocenters. The average molecular weight is 511 g/mol. The third-order valence-electron chi connectivity index (χ3n) is 5.78. The van der Waals surface area contributed by atoms with Crippen LogP contribution in [-0.2, 0) is 25.1 Å². The van der Waals surface area contributed by atoms with Gasteiger partial charge >= 0.3 is 35.7 Å². The number of aromatic nitrogens is 6. The first kappa shape index (κ1) is 26.1. The Kier molecular flexibility index (Phi) is 7.39. The van der Waals surface area contributed by atoms with Crippen molar-refractivity contribution in [2.24, 2.45) is 0 Å². The van der Waals surface area contributed by atoms with Crippen molar-refractivity contribution >= 4 is 35.4 Å². The summed E-state index contributed by atoms with van der Waals surface area (Å²) in [5, 5.41) is 16.7. The molecule has 182 valence electrons. The number of benzene rings is 2. The minimum absolute atomic E-state index is 0. The summed E-state index contributed by atoms with van der Waals surface area (Å²) in [6.45, 7) is 0.0975. The molecule has 1 aliphatic carbocycles. The molecule has 5 rings (SSSR count). The van der Waals surface area contributed by atoms with Crippen molar-refractivity contribution in [3.63, 3.8) is 0 Å². The second kappa shape index (κ2) is 10.2. The van der Waals surface area contributed by atoms with Crippen molar-refractivity contribution in [3.05, 3.63) is 71.2 Å². The van der Waals surface area contributed by atoms with Crippen molar-refractivity contribution in [3.8, 4) is 22.5 Å². The van der Waals surface area contributed by atoms with Gasteiger partial charge in [0.05, 0.1) is 0 Å². The fourth-order valence-corrected chi connectivity index (χ4v) is 4.10. The van der Waals surface area contributed by atoms with Gasteiger partial charge in [0.2, 0.25) is 5.82 Å². The van der Waals surface area contributed by atoms with E-state index in [0.29, 0.717) is 5.82 Å². The number of anilines is 1. The van der Waals surface area contributed by atoms with E-state index in [1.807, 2.05) is 36.4 Å². The molecule has 0 unspecified atom stereocenters. The van der Waals surface area contributed by atoms with Crippen molar-refractivity contribution in [1.29, 1.82) is 0 Å². The zero-order valence-electron chi connectivity index (χ0n) is 18.1. The van der Waals surface area contributed by atoms with Gasteiger partial charge in [0.25, 0.3) is 5.92 Å². The molecule has 13 heteroatoms. The van der Waals surface area contributed by atoms with E-state index in [4.69, 9.17) is 0 Å². The molecule has 0 spiro atoms. The number of nitrogens with zero attached hydrogens (tertiary/aromatic N) is 5. The normalized spacial score (nSPS) is 14.6. The molecule has 1 aliphatic rings. The van der Waals surface area contributed by atoms with Gasteiger partial charge in [-0.3, -0.25) is 0 Å². The fraction of sp³-hybridized carbons (Fsp3) is 0.261. The molecule has 2 aromatic carbocycles. The van der Waals surface area contributed by atoms with Gasteiger partial charge in [-0.05, 0) is 40.0 Å². The number of halogens is 5. The summed E-state index contributed by atoms with van der Waals surface area (Å²) < 4.78 is 68.5. The minimum atomic E-state index is -4.94. The quantitative estimate of drug-likeness (QED) is 0.297. The standard InChI is InChI=1S/C23H18F5N7.Na.H/c24-22(25)11-3-6-17-18(22)30-21(23(26,27)28)31-19(17)29-12-13-7-9-14(10-8-13)15-4-1-2-5-16(15)20-32-34-35-33-20;;/h1-2,4-5,7-10H,3,6,11-12H2,(H,29,30,31)(H,32,33,34,35);;. The van der Waals surface area contributed by atoms with Crippen LogP contribution in [0.25, 0.3) is 22.5 Å². The molecule has 2 heterocycles. The molecular weight excluding hydrogens is 492 g/mol. The van der Waals surface area contributed by atoms with E-state index in [2.05, 4.69) is 35.9 Å². The molecule has 0 bridgehead atoms. The predicted octanol–water partition coefficient (Wildman–Crippen LogP) is 4.73. The van der Waals surface area contributed by atoms with Gasteiger partial charge in [0, 0.05) is 24.1 Å². The Balaban J connectivity index is 0.00000304. The fourth-order valence-electron chi connectivity index (χ4n) is 4.10. The predicted molar refractivity (Wildman–Crippen MR) is 123 cm³/mol. The van der Waals surface area contributed by atoms with Gasteiger partial charge in [-0.2, -0.15) is 22.0 Å².